The average molecular weight is 216 g/mol. The summed E-state index contributed by atoms with van der Waals surface area (Å²) in [5.41, 5.74) is 2.65. The molecule has 82 valence electrons. The lowest BCUT2D eigenvalue weighted by molar-refractivity contribution is 0.564. The first-order valence-corrected chi connectivity index (χ1v) is 4.91. The fourth-order valence-electron chi connectivity index (χ4n) is 1.54. The Labute approximate surface area is 93.7 Å². The van der Waals surface area contributed by atoms with Gasteiger partial charge in [-0.05, 0) is 24.5 Å². The van der Waals surface area contributed by atoms with Crippen molar-refractivity contribution in [2.24, 2.45) is 9.98 Å². The number of carbonyl (C=O) groups excluding carboxylic acids is 2. The lowest BCUT2D eigenvalue weighted by Gasteiger charge is -2.11. The van der Waals surface area contributed by atoms with E-state index >= 15 is 0 Å². The van der Waals surface area contributed by atoms with Crippen LogP contribution in [0, 0.1) is 6.92 Å². The molecule has 0 bridgehead atoms. The zero-order valence-corrected chi connectivity index (χ0v) is 9.44. The first-order valence-electron chi connectivity index (χ1n) is 4.91. The van der Waals surface area contributed by atoms with Crippen LogP contribution >= 0.6 is 0 Å². The van der Waals surface area contributed by atoms with Crippen LogP contribution in [-0.4, -0.2) is 12.2 Å². The van der Waals surface area contributed by atoms with Gasteiger partial charge >= 0.3 is 0 Å². The molecule has 4 heteroatoms. The Kier molecular flexibility index (Phi) is 3.90. The summed E-state index contributed by atoms with van der Waals surface area (Å²) in [5.74, 6) is 0.236. The Morgan fingerprint density at radius 3 is 2.25 bits per heavy atom. The van der Waals surface area contributed by atoms with Gasteiger partial charge in [0.25, 0.3) is 0 Å². The van der Waals surface area contributed by atoms with E-state index in [-0.39, 0.29) is 5.92 Å². The third-order valence-corrected chi connectivity index (χ3v) is 2.38. The van der Waals surface area contributed by atoms with E-state index in [1.54, 1.807) is 13.0 Å². The summed E-state index contributed by atoms with van der Waals surface area (Å²) in [5, 5.41) is 0. The van der Waals surface area contributed by atoms with Gasteiger partial charge in [0.2, 0.25) is 12.2 Å². The molecular formula is C12H12N2O2. The molecule has 0 saturated heterocycles. The Morgan fingerprint density at radius 1 is 1.12 bits per heavy atom. The number of nitrogens with zero attached hydrogens (tertiary/aromatic N) is 2. The van der Waals surface area contributed by atoms with Crippen LogP contribution in [0.4, 0.5) is 11.4 Å². The molecule has 0 fully saturated rings. The molecule has 0 aliphatic carbocycles. The third-order valence-electron chi connectivity index (χ3n) is 2.38. The summed E-state index contributed by atoms with van der Waals surface area (Å²) in [4.78, 5) is 27.8. The molecule has 0 unspecified atom stereocenters. The highest BCUT2D eigenvalue weighted by atomic mass is 16.1. The van der Waals surface area contributed by atoms with Crippen molar-refractivity contribution in [3.05, 3.63) is 23.3 Å². The van der Waals surface area contributed by atoms with E-state index in [4.69, 9.17) is 0 Å². The first kappa shape index (κ1) is 12.1. The van der Waals surface area contributed by atoms with Crippen LogP contribution in [0.25, 0.3) is 0 Å². The van der Waals surface area contributed by atoms with Gasteiger partial charge in [-0.1, -0.05) is 19.9 Å². The second kappa shape index (κ2) is 5.17. The summed E-state index contributed by atoms with van der Waals surface area (Å²) < 4.78 is 0. The van der Waals surface area contributed by atoms with Gasteiger partial charge in [0.1, 0.15) is 0 Å². The predicted octanol–water partition coefficient (Wildman–Crippen LogP) is 3.05. The molecule has 0 aromatic heterocycles. The van der Waals surface area contributed by atoms with E-state index in [0.717, 1.165) is 5.56 Å². The Morgan fingerprint density at radius 2 is 1.75 bits per heavy atom. The van der Waals surface area contributed by atoms with Crippen molar-refractivity contribution >= 4 is 23.5 Å². The first-order chi connectivity index (χ1) is 7.61. The molecule has 0 spiro atoms. The largest absolute Gasteiger partial charge is 0.240 e. The van der Waals surface area contributed by atoms with Gasteiger partial charge in [0, 0.05) is 5.56 Å². The molecule has 1 aromatic rings. The van der Waals surface area contributed by atoms with Gasteiger partial charge in [0.05, 0.1) is 11.4 Å². The molecule has 0 N–H and O–H groups in total. The molecule has 0 heterocycles. The summed E-state index contributed by atoms with van der Waals surface area (Å²) in [7, 11) is 0. The minimum Gasteiger partial charge on any atom is -0.211 e. The van der Waals surface area contributed by atoms with Crippen LogP contribution < -0.4 is 0 Å². The van der Waals surface area contributed by atoms with Crippen molar-refractivity contribution < 1.29 is 9.59 Å². The van der Waals surface area contributed by atoms with E-state index in [1.807, 2.05) is 19.9 Å². The average Bonchev–Trinajstić information content (AvgIpc) is 2.24. The molecule has 0 atom stereocenters. The minimum atomic E-state index is 0.236. The Balaban J connectivity index is 3.52. The topological polar surface area (TPSA) is 58.9 Å². The van der Waals surface area contributed by atoms with Crippen LogP contribution in [0.15, 0.2) is 22.1 Å². The normalized spacial score (nSPS) is 9.50. The fourth-order valence-corrected chi connectivity index (χ4v) is 1.54. The fraction of sp³-hybridized carbons (Fsp3) is 0.333. The highest BCUT2D eigenvalue weighted by Gasteiger charge is 2.11. The number of isocyanates is 2. The van der Waals surface area contributed by atoms with Crippen molar-refractivity contribution in [1.82, 2.24) is 0 Å². The number of benzene rings is 1. The third kappa shape index (κ3) is 2.31. The van der Waals surface area contributed by atoms with Crippen LogP contribution in [0.3, 0.4) is 0 Å². The molecule has 0 aliphatic heterocycles. The zero-order valence-electron chi connectivity index (χ0n) is 9.44. The lowest BCUT2D eigenvalue weighted by Crippen LogP contribution is -1.90. The maximum atomic E-state index is 10.4. The summed E-state index contributed by atoms with van der Waals surface area (Å²) in [6.45, 7) is 5.76. The van der Waals surface area contributed by atoms with Gasteiger partial charge in [-0.25, -0.2) is 9.59 Å². The molecule has 1 aromatic carbocycles. The quantitative estimate of drug-likeness (QED) is 0.575. The second-order valence-electron chi connectivity index (χ2n) is 3.71. The van der Waals surface area contributed by atoms with E-state index < -0.39 is 0 Å². The molecule has 0 amide bonds. The molecule has 16 heavy (non-hydrogen) atoms. The van der Waals surface area contributed by atoms with Crippen LogP contribution in [0.1, 0.15) is 30.9 Å². The van der Waals surface area contributed by atoms with Crippen molar-refractivity contribution in [1.29, 1.82) is 0 Å². The maximum Gasteiger partial charge on any atom is 0.240 e. The van der Waals surface area contributed by atoms with Crippen molar-refractivity contribution in [3.63, 3.8) is 0 Å². The number of aliphatic imine (C=N–C) groups is 2. The molecular weight excluding hydrogens is 204 g/mol. The predicted molar refractivity (Wildman–Crippen MR) is 60.8 cm³/mol. The second-order valence-corrected chi connectivity index (χ2v) is 3.71. The zero-order chi connectivity index (χ0) is 12.1. The van der Waals surface area contributed by atoms with E-state index in [2.05, 4.69) is 9.98 Å². The van der Waals surface area contributed by atoms with Crippen LogP contribution in [0.5, 0.6) is 0 Å². The van der Waals surface area contributed by atoms with E-state index in [9.17, 15) is 9.59 Å². The molecule has 0 radical (unpaired) electrons. The summed E-state index contributed by atoms with van der Waals surface area (Å²) in [6.07, 6.45) is 3.00. The molecule has 0 saturated carbocycles. The van der Waals surface area contributed by atoms with Gasteiger partial charge in [-0.3, -0.25) is 0 Å². The number of hydrogen-bond donors (Lipinski definition) is 0. The summed E-state index contributed by atoms with van der Waals surface area (Å²) >= 11 is 0. The van der Waals surface area contributed by atoms with Crippen LogP contribution in [-0.2, 0) is 9.59 Å². The molecule has 0 aliphatic rings. The SMILES string of the molecule is Cc1c(N=C=O)ccc(C(C)C)c1N=C=O. The lowest BCUT2D eigenvalue weighted by atomic mass is 9.97. The molecule has 1 rings (SSSR count). The Hall–Kier alpha value is -2.02. The summed E-state index contributed by atoms with van der Waals surface area (Å²) in [6, 6.07) is 3.53. The molecule has 4 nitrogen and oxygen atoms in total. The highest BCUT2D eigenvalue weighted by Crippen LogP contribution is 2.35. The van der Waals surface area contributed by atoms with E-state index in [0.29, 0.717) is 16.9 Å². The number of rotatable bonds is 3. The van der Waals surface area contributed by atoms with Gasteiger partial charge < -0.3 is 0 Å². The minimum absolute atomic E-state index is 0.236. The van der Waals surface area contributed by atoms with E-state index in [1.165, 1.54) is 12.2 Å². The van der Waals surface area contributed by atoms with Gasteiger partial charge in [0.15, 0.2) is 0 Å². The van der Waals surface area contributed by atoms with Gasteiger partial charge in [-0.15, -0.1) is 0 Å². The monoisotopic (exact) mass is 216 g/mol. The van der Waals surface area contributed by atoms with Crippen molar-refractivity contribution in [2.45, 2.75) is 26.7 Å². The number of hydrogen-bond acceptors (Lipinski definition) is 4. The smallest absolute Gasteiger partial charge is 0.211 e. The van der Waals surface area contributed by atoms with Crippen LogP contribution in [0.2, 0.25) is 0 Å². The Bertz CT molecular complexity index is 494. The van der Waals surface area contributed by atoms with Crippen molar-refractivity contribution in [2.75, 3.05) is 0 Å². The maximum absolute atomic E-state index is 10.4. The highest BCUT2D eigenvalue weighted by molar-refractivity contribution is 5.68. The standard InChI is InChI=1S/C12H12N2O2/c1-8(2)10-4-5-11(13-6-15)9(3)12(10)14-7-16/h4-5,8H,1-3H3. The van der Waals surface area contributed by atoms with Gasteiger partial charge in [-0.2, -0.15) is 9.98 Å². The van der Waals surface area contributed by atoms with Crippen molar-refractivity contribution in [3.8, 4) is 0 Å².